The largest absolute Gasteiger partial charge is 0.324 e. The molecule has 0 saturated heterocycles. The number of nitrogens with zero attached hydrogens (tertiary/aromatic N) is 1. The van der Waals surface area contributed by atoms with Crippen LogP contribution < -0.4 is 10.6 Å². The van der Waals surface area contributed by atoms with Crippen LogP contribution in [0.4, 0.5) is 5.69 Å². The Hall–Kier alpha value is -1.35. The Kier molecular flexibility index (Phi) is 2.97. The second-order valence-corrected chi connectivity index (χ2v) is 4.36. The van der Waals surface area contributed by atoms with Crippen molar-refractivity contribution in [3.8, 4) is 0 Å². The lowest BCUT2D eigenvalue weighted by Crippen LogP contribution is -2.31. The summed E-state index contributed by atoms with van der Waals surface area (Å²) in [4.78, 5) is 13.3. The van der Waals surface area contributed by atoms with Gasteiger partial charge in [0.05, 0.1) is 0 Å². The summed E-state index contributed by atoms with van der Waals surface area (Å²) < 4.78 is 0. The van der Waals surface area contributed by atoms with Crippen molar-refractivity contribution in [3.63, 3.8) is 0 Å². The van der Waals surface area contributed by atoms with E-state index in [1.165, 1.54) is 11.1 Å². The number of benzene rings is 1. The van der Waals surface area contributed by atoms with E-state index in [-0.39, 0.29) is 11.9 Å². The molecule has 0 fully saturated rings. The van der Waals surface area contributed by atoms with Crippen molar-refractivity contribution in [3.05, 3.63) is 29.3 Å². The Morgan fingerprint density at radius 2 is 2.19 bits per heavy atom. The Balaban J connectivity index is 2.37. The molecule has 0 spiro atoms. The SMILES string of the molecule is CCC(N)c1ccc2c(c1)CCC(=O)N2C. The first-order valence-corrected chi connectivity index (χ1v) is 5.78. The van der Waals surface area contributed by atoms with Crippen LogP contribution in [-0.2, 0) is 11.2 Å². The molecule has 0 aliphatic carbocycles. The molecule has 1 heterocycles. The Morgan fingerprint density at radius 3 is 2.88 bits per heavy atom. The van der Waals surface area contributed by atoms with Crippen LogP contribution in [-0.4, -0.2) is 13.0 Å². The summed E-state index contributed by atoms with van der Waals surface area (Å²) in [6.07, 6.45) is 2.38. The molecule has 0 saturated carbocycles. The topological polar surface area (TPSA) is 46.3 Å². The molecule has 16 heavy (non-hydrogen) atoms. The maximum atomic E-state index is 11.5. The normalized spacial score (nSPS) is 17.2. The van der Waals surface area contributed by atoms with Crippen LogP contribution in [0.15, 0.2) is 18.2 Å². The Morgan fingerprint density at radius 1 is 1.44 bits per heavy atom. The number of fused-ring (bicyclic) bond motifs is 1. The van der Waals surface area contributed by atoms with E-state index in [0.717, 1.165) is 18.5 Å². The van der Waals surface area contributed by atoms with E-state index < -0.39 is 0 Å². The lowest BCUT2D eigenvalue weighted by atomic mass is 9.96. The predicted octanol–water partition coefficient (Wildman–Crippen LogP) is 2.01. The van der Waals surface area contributed by atoms with Gasteiger partial charge in [0.1, 0.15) is 0 Å². The summed E-state index contributed by atoms with van der Waals surface area (Å²) >= 11 is 0. The average Bonchev–Trinajstić information content (AvgIpc) is 2.32. The fraction of sp³-hybridized carbons (Fsp3) is 0.462. The minimum Gasteiger partial charge on any atom is -0.324 e. The molecule has 1 atom stereocenters. The van der Waals surface area contributed by atoms with Crippen molar-refractivity contribution >= 4 is 11.6 Å². The van der Waals surface area contributed by atoms with E-state index in [0.29, 0.717) is 6.42 Å². The predicted molar refractivity (Wildman–Crippen MR) is 65.4 cm³/mol. The number of amides is 1. The highest BCUT2D eigenvalue weighted by atomic mass is 16.2. The molecule has 86 valence electrons. The standard InChI is InChI=1S/C13H18N2O/c1-3-11(14)9-4-6-12-10(8-9)5-7-13(16)15(12)2/h4,6,8,11H,3,5,7,14H2,1-2H3. The van der Waals surface area contributed by atoms with Crippen LogP contribution in [0.25, 0.3) is 0 Å². The van der Waals surface area contributed by atoms with Gasteiger partial charge in [-0.2, -0.15) is 0 Å². The fourth-order valence-electron chi connectivity index (χ4n) is 2.14. The van der Waals surface area contributed by atoms with Gasteiger partial charge in [0.25, 0.3) is 0 Å². The second-order valence-electron chi connectivity index (χ2n) is 4.36. The van der Waals surface area contributed by atoms with Gasteiger partial charge in [0.2, 0.25) is 5.91 Å². The number of hydrogen-bond donors (Lipinski definition) is 1. The molecule has 1 aromatic carbocycles. The molecule has 1 amide bonds. The smallest absolute Gasteiger partial charge is 0.227 e. The van der Waals surface area contributed by atoms with Crippen molar-refractivity contribution in [2.24, 2.45) is 5.73 Å². The maximum Gasteiger partial charge on any atom is 0.227 e. The van der Waals surface area contributed by atoms with E-state index in [2.05, 4.69) is 13.0 Å². The van der Waals surface area contributed by atoms with Gasteiger partial charge in [-0.05, 0) is 30.0 Å². The summed E-state index contributed by atoms with van der Waals surface area (Å²) in [7, 11) is 1.83. The molecule has 2 rings (SSSR count). The summed E-state index contributed by atoms with van der Waals surface area (Å²) in [6, 6.07) is 6.29. The first-order valence-electron chi connectivity index (χ1n) is 5.78. The molecule has 0 bridgehead atoms. The molecular formula is C13H18N2O. The summed E-state index contributed by atoms with van der Waals surface area (Å²) in [5, 5.41) is 0. The number of aryl methyl sites for hydroxylation is 1. The van der Waals surface area contributed by atoms with Gasteiger partial charge in [0.15, 0.2) is 0 Å². The second kappa shape index (κ2) is 4.26. The van der Waals surface area contributed by atoms with Gasteiger partial charge in [-0.15, -0.1) is 0 Å². The van der Waals surface area contributed by atoms with Crippen molar-refractivity contribution in [2.45, 2.75) is 32.2 Å². The summed E-state index contributed by atoms with van der Waals surface area (Å²) in [5.41, 5.74) is 9.45. The van der Waals surface area contributed by atoms with Crippen LogP contribution in [0.1, 0.15) is 36.9 Å². The summed E-state index contributed by atoms with van der Waals surface area (Å²) in [6.45, 7) is 2.08. The van der Waals surface area contributed by atoms with Gasteiger partial charge in [-0.3, -0.25) is 4.79 Å². The van der Waals surface area contributed by atoms with Crippen molar-refractivity contribution in [1.29, 1.82) is 0 Å². The van der Waals surface area contributed by atoms with Gasteiger partial charge < -0.3 is 10.6 Å². The molecule has 0 radical (unpaired) electrons. The quantitative estimate of drug-likeness (QED) is 0.825. The number of anilines is 1. The lowest BCUT2D eigenvalue weighted by molar-refractivity contribution is -0.118. The van der Waals surface area contributed by atoms with Crippen LogP contribution in [0.3, 0.4) is 0 Å². The third-order valence-electron chi connectivity index (χ3n) is 3.32. The molecule has 1 aliphatic heterocycles. The van der Waals surface area contributed by atoms with Gasteiger partial charge in [0, 0.05) is 25.2 Å². The highest BCUT2D eigenvalue weighted by Crippen LogP contribution is 2.29. The van der Waals surface area contributed by atoms with Gasteiger partial charge in [-0.1, -0.05) is 19.1 Å². The molecule has 1 unspecified atom stereocenters. The molecular weight excluding hydrogens is 200 g/mol. The van der Waals surface area contributed by atoms with Crippen LogP contribution in [0.5, 0.6) is 0 Å². The van der Waals surface area contributed by atoms with Crippen molar-refractivity contribution in [1.82, 2.24) is 0 Å². The third kappa shape index (κ3) is 1.83. The van der Waals surface area contributed by atoms with E-state index in [1.54, 1.807) is 4.90 Å². The zero-order chi connectivity index (χ0) is 11.7. The number of nitrogens with two attached hydrogens (primary N) is 1. The van der Waals surface area contributed by atoms with Crippen molar-refractivity contribution < 1.29 is 4.79 Å². The highest BCUT2D eigenvalue weighted by molar-refractivity contribution is 5.95. The zero-order valence-corrected chi connectivity index (χ0v) is 9.86. The van der Waals surface area contributed by atoms with Crippen molar-refractivity contribution in [2.75, 3.05) is 11.9 Å². The number of rotatable bonds is 2. The van der Waals surface area contributed by atoms with E-state index in [4.69, 9.17) is 5.73 Å². The number of carbonyl (C=O) groups excluding carboxylic acids is 1. The molecule has 1 aromatic rings. The average molecular weight is 218 g/mol. The molecule has 3 heteroatoms. The first-order chi connectivity index (χ1) is 7.63. The lowest BCUT2D eigenvalue weighted by Gasteiger charge is -2.26. The minimum absolute atomic E-state index is 0.105. The van der Waals surface area contributed by atoms with E-state index in [9.17, 15) is 4.79 Å². The monoisotopic (exact) mass is 218 g/mol. The molecule has 0 aromatic heterocycles. The van der Waals surface area contributed by atoms with Crippen LogP contribution >= 0.6 is 0 Å². The summed E-state index contributed by atoms with van der Waals surface area (Å²) in [5.74, 6) is 0.194. The number of hydrogen-bond acceptors (Lipinski definition) is 2. The van der Waals surface area contributed by atoms with Crippen LogP contribution in [0, 0.1) is 0 Å². The Labute approximate surface area is 96.2 Å². The first kappa shape index (κ1) is 11.1. The molecule has 2 N–H and O–H groups in total. The molecule has 1 aliphatic rings. The Bertz CT molecular complexity index is 414. The van der Waals surface area contributed by atoms with E-state index >= 15 is 0 Å². The van der Waals surface area contributed by atoms with Gasteiger partial charge >= 0.3 is 0 Å². The molecule has 3 nitrogen and oxygen atoms in total. The van der Waals surface area contributed by atoms with Crippen LogP contribution in [0.2, 0.25) is 0 Å². The van der Waals surface area contributed by atoms with Gasteiger partial charge in [-0.25, -0.2) is 0 Å². The third-order valence-corrected chi connectivity index (χ3v) is 3.32. The highest BCUT2D eigenvalue weighted by Gasteiger charge is 2.21. The maximum absolute atomic E-state index is 11.5. The fourth-order valence-corrected chi connectivity index (χ4v) is 2.14. The number of carbonyl (C=O) groups is 1. The van der Waals surface area contributed by atoms with E-state index in [1.807, 2.05) is 19.2 Å². The zero-order valence-electron chi connectivity index (χ0n) is 9.86. The minimum atomic E-state index is 0.105.